The highest BCUT2D eigenvalue weighted by Gasteiger charge is 2.11. The van der Waals surface area contributed by atoms with Crippen molar-refractivity contribution in [1.29, 1.82) is 0 Å². The molecule has 2 aromatic heterocycles. The molecule has 0 radical (unpaired) electrons. The average molecular weight is 329 g/mol. The number of halogens is 1. The fraction of sp³-hybridized carbons (Fsp3) is 0.533. The molecule has 0 spiro atoms. The van der Waals surface area contributed by atoms with Gasteiger partial charge in [0.1, 0.15) is 0 Å². The number of rotatable bonds is 8. The van der Waals surface area contributed by atoms with E-state index in [9.17, 15) is 0 Å². The average Bonchev–Trinajstić information content (AvgIpc) is 3.08. The molecule has 2 rings (SSSR count). The van der Waals surface area contributed by atoms with Gasteiger partial charge in [0.25, 0.3) is 0 Å². The lowest BCUT2D eigenvalue weighted by atomic mass is 10.2. The number of hydrogen-bond acceptors (Lipinski definition) is 4. The van der Waals surface area contributed by atoms with Crippen LogP contribution in [-0.2, 0) is 18.8 Å². The Balaban J connectivity index is 1.80. The number of alkyl halides is 1. The summed E-state index contributed by atoms with van der Waals surface area (Å²) in [5, 5.41) is 5.42. The molecule has 0 aliphatic carbocycles. The van der Waals surface area contributed by atoms with Crippen LogP contribution in [-0.4, -0.2) is 22.5 Å². The van der Waals surface area contributed by atoms with E-state index in [1.54, 1.807) is 11.3 Å². The molecular formula is C15H21ClN2S2. The predicted molar refractivity (Wildman–Crippen MR) is 89.9 cm³/mol. The fourth-order valence-electron chi connectivity index (χ4n) is 2.08. The molecule has 0 unspecified atom stereocenters. The Labute approximate surface area is 134 Å². The smallest absolute Gasteiger partial charge is 0.0929 e. The van der Waals surface area contributed by atoms with Crippen molar-refractivity contribution in [1.82, 2.24) is 9.88 Å². The van der Waals surface area contributed by atoms with Gasteiger partial charge in [-0.25, -0.2) is 4.98 Å². The number of aromatic nitrogens is 1. The molecule has 5 heteroatoms. The van der Waals surface area contributed by atoms with E-state index in [1.165, 1.54) is 9.88 Å². The molecule has 0 aliphatic heterocycles. The number of thiophene rings is 1. The van der Waals surface area contributed by atoms with Crippen LogP contribution in [0.15, 0.2) is 22.9 Å². The van der Waals surface area contributed by atoms with E-state index in [0.29, 0.717) is 11.9 Å². The summed E-state index contributed by atoms with van der Waals surface area (Å²) in [4.78, 5) is 8.49. The first-order valence-electron chi connectivity index (χ1n) is 6.94. The van der Waals surface area contributed by atoms with E-state index < -0.39 is 0 Å². The molecule has 20 heavy (non-hydrogen) atoms. The maximum absolute atomic E-state index is 5.78. The van der Waals surface area contributed by atoms with E-state index in [-0.39, 0.29) is 0 Å². The minimum absolute atomic E-state index is 0.521. The first-order valence-corrected chi connectivity index (χ1v) is 9.24. The molecule has 2 heterocycles. The van der Waals surface area contributed by atoms with Crippen LogP contribution in [0.5, 0.6) is 0 Å². The highest BCUT2D eigenvalue weighted by atomic mass is 35.5. The first-order chi connectivity index (χ1) is 9.69. The van der Waals surface area contributed by atoms with Gasteiger partial charge in [0.05, 0.1) is 16.6 Å². The zero-order chi connectivity index (χ0) is 14.4. The first kappa shape index (κ1) is 16.0. The van der Waals surface area contributed by atoms with Crippen LogP contribution in [0, 0.1) is 0 Å². The largest absolute Gasteiger partial charge is 0.296 e. The third-order valence-corrected chi connectivity index (χ3v) is 5.33. The summed E-state index contributed by atoms with van der Waals surface area (Å²) in [5.41, 5.74) is 1.01. The van der Waals surface area contributed by atoms with Gasteiger partial charge in [-0.2, -0.15) is 0 Å². The second kappa shape index (κ2) is 8.13. The summed E-state index contributed by atoms with van der Waals surface area (Å²) < 4.78 is 0. The zero-order valence-electron chi connectivity index (χ0n) is 12.0. The monoisotopic (exact) mass is 328 g/mol. The van der Waals surface area contributed by atoms with Crippen LogP contribution in [0.25, 0.3) is 0 Å². The van der Waals surface area contributed by atoms with Crippen molar-refractivity contribution in [2.24, 2.45) is 0 Å². The van der Waals surface area contributed by atoms with Gasteiger partial charge < -0.3 is 0 Å². The minimum Gasteiger partial charge on any atom is -0.296 e. The van der Waals surface area contributed by atoms with E-state index in [4.69, 9.17) is 11.6 Å². The van der Waals surface area contributed by atoms with Crippen molar-refractivity contribution in [2.45, 2.75) is 45.2 Å². The van der Waals surface area contributed by atoms with Crippen molar-refractivity contribution < 1.29 is 0 Å². The lowest BCUT2D eigenvalue weighted by Gasteiger charge is -2.25. The van der Waals surface area contributed by atoms with Crippen LogP contribution in [0.4, 0.5) is 0 Å². The van der Waals surface area contributed by atoms with Gasteiger partial charge >= 0.3 is 0 Å². The van der Waals surface area contributed by atoms with Crippen LogP contribution >= 0.6 is 34.3 Å². The number of hydrogen-bond donors (Lipinski definition) is 0. The van der Waals surface area contributed by atoms with Gasteiger partial charge in [0.2, 0.25) is 0 Å². The Hall–Kier alpha value is -0.420. The number of nitrogens with zero attached hydrogens (tertiary/aromatic N) is 2. The molecule has 0 aliphatic rings. The standard InChI is InChI=1S/C15H21ClN2S2/c1-12(2)18(10-14-5-4-8-19-14)7-3-6-15-17-13(9-16)11-20-15/h4-5,8,11-12H,3,6-7,9-10H2,1-2H3. The molecule has 110 valence electrons. The van der Waals surface area contributed by atoms with Gasteiger partial charge in [-0.3, -0.25) is 4.90 Å². The Morgan fingerprint density at radius 3 is 2.80 bits per heavy atom. The molecule has 0 amide bonds. The highest BCUT2D eigenvalue weighted by Crippen LogP contribution is 2.16. The van der Waals surface area contributed by atoms with E-state index in [1.807, 2.05) is 11.3 Å². The predicted octanol–water partition coefficient (Wildman–Crippen LogP) is 4.79. The second-order valence-electron chi connectivity index (χ2n) is 5.11. The van der Waals surface area contributed by atoms with Crippen LogP contribution in [0.2, 0.25) is 0 Å². The van der Waals surface area contributed by atoms with Crippen molar-refractivity contribution >= 4 is 34.3 Å². The third kappa shape index (κ3) is 4.85. The minimum atomic E-state index is 0.521. The summed E-state index contributed by atoms with van der Waals surface area (Å²) in [6.07, 6.45) is 2.20. The third-order valence-electron chi connectivity index (χ3n) is 3.24. The van der Waals surface area contributed by atoms with E-state index >= 15 is 0 Å². The van der Waals surface area contributed by atoms with Crippen LogP contribution in [0.3, 0.4) is 0 Å². The van der Waals surface area contributed by atoms with Crippen LogP contribution < -0.4 is 0 Å². The molecule has 0 saturated heterocycles. The summed E-state index contributed by atoms with van der Waals surface area (Å²) in [6, 6.07) is 4.92. The number of aryl methyl sites for hydroxylation is 1. The molecule has 0 bridgehead atoms. The highest BCUT2D eigenvalue weighted by molar-refractivity contribution is 7.10. The molecular weight excluding hydrogens is 308 g/mol. The van der Waals surface area contributed by atoms with E-state index in [2.05, 4.69) is 46.6 Å². The van der Waals surface area contributed by atoms with E-state index in [0.717, 1.165) is 31.6 Å². The topological polar surface area (TPSA) is 16.1 Å². The molecule has 0 saturated carbocycles. The molecule has 2 aromatic rings. The molecule has 0 fully saturated rings. The van der Waals surface area contributed by atoms with Crippen molar-refractivity contribution in [3.05, 3.63) is 38.5 Å². The lowest BCUT2D eigenvalue weighted by Crippen LogP contribution is -2.31. The van der Waals surface area contributed by atoms with Gasteiger partial charge in [-0.15, -0.1) is 34.3 Å². The van der Waals surface area contributed by atoms with Gasteiger partial charge in [0.15, 0.2) is 0 Å². The van der Waals surface area contributed by atoms with Crippen molar-refractivity contribution in [2.75, 3.05) is 6.54 Å². The molecule has 0 atom stereocenters. The summed E-state index contributed by atoms with van der Waals surface area (Å²) in [6.45, 7) is 6.71. The van der Waals surface area contributed by atoms with Crippen molar-refractivity contribution in [3.63, 3.8) is 0 Å². The maximum atomic E-state index is 5.78. The Kier molecular flexibility index (Phi) is 6.49. The Bertz CT molecular complexity index is 494. The van der Waals surface area contributed by atoms with Gasteiger partial charge in [-0.05, 0) is 38.3 Å². The van der Waals surface area contributed by atoms with Crippen molar-refractivity contribution in [3.8, 4) is 0 Å². The summed E-state index contributed by atoms with van der Waals surface area (Å²) in [5.74, 6) is 0.521. The van der Waals surface area contributed by atoms with Crippen LogP contribution in [0.1, 0.15) is 35.8 Å². The zero-order valence-corrected chi connectivity index (χ0v) is 14.4. The SMILES string of the molecule is CC(C)N(CCCc1nc(CCl)cs1)Cc1cccs1. The second-order valence-corrected chi connectivity index (χ2v) is 7.36. The lowest BCUT2D eigenvalue weighted by molar-refractivity contribution is 0.212. The number of thiazole rings is 1. The summed E-state index contributed by atoms with van der Waals surface area (Å²) >= 11 is 9.35. The molecule has 0 N–H and O–H groups in total. The maximum Gasteiger partial charge on any atom is 0.0929 e. The molecule has 2 nitrogen and oxygen atoms in total. The fourth-order valence-corrected chi connectivity index (χ4v) is 3.88. The Morgan fingerprint density at radius 1 is 1.35 bits per heavy atom. The normalized spacial score (nSPS) is 11.7. The van der Waals surface area contributed by atoms with Gasteiger partial charge in [-0.1, -0.05) is 6.07 Å². The quantitative estimate of drug-likeness (QED) is 0.648. The Morgan fingerprint density at radius 2 is 2.20 bits per heavy atom. The molecule has 0 aromatic carbocycles. The summed E-state index contributed by atoms with van der Waals surface area (Å²) in [7, 11) is 0. The van der Waals surface area contributed by atoms with Gasteiger partial charge in [0, 0.05) is 29.3 Å².